The highest BCUT2D eigenvalue weighted by atomic mass is 32.2. The topological polar surface area (TPSA) is 118 Å². The maximum atomic E-state index is 12.7. The highest BCUT2D eigenvalue weighted by molar-refractivity contribution is 7.80. The zero-order valence-corrected chi connectivity index (χ0v) is 25.2. The molecule has 1 aliphatic heterocycles. The van der Waals surface area contributed by atoms with Crippen LogP contribution in [0.4, 0.5) is 5.69 Å². The average Bonchev–Trinajstić information content (AvgIpc) is 3.02. The number of nitrogens with one attached hydrogen (secondary N) is 1. The molecule has 2 heterocycles. The van der Waals surface area contributed by atoms with Gasteiger partial charge in [-0.15, -0.1) is 0 Å². The van der Waals surface area contributed by atoms with Gasteiger partial charge in [0.2, 0.25) is 0 Å². The molecule has 11 heteroatoms. The predicted molar refractivity (Wildman–Crippen MR) is 167 cm³/mol. The number of aromatic nitrogens is 1. The number of anilines is 1. The number of ether oxygens (including phenoxy) is 1. The number of carbonyl (C=O) groups is 1. The van der Waals surface area contributed by atoms with Crippen molar-refractivity contribution in [2.45, 2.75) is 33.0 Å². The van der Waals surface area contributed by atoms with Gasteiger partial charge in [0.15, 0.2) is 0 Å². The summed E-state index contributed by atoms with van der Waals surface area (Å²) in [6.45, 7) is 7.67. The molecule has 0 bridgehead atoms. The van der Waals surface area contributed by atoms with Crippen molar-refractivity contribution in [3.8, 4) is 5.75 Å². The van der Waals surface area contributed by atoms with Gasteiger partial charge in [0.1, 0.15) is 18.4 Å². The largest absolute Gasteiger partial charge is 0.489 e. The van der Waals surface area contributed by atoms with Gasteiger partial charge in [-0.05, 0) is 55.8 Å². The molecular formula is C32H37N5O5S. The highest BCUT2D eigenvalue weighted by Crippen LogP contribution is 2.25. The maximum absolute atomic E-state index is 12.7. The van der Waals surface area contributed by atoms with E-state index in [1.807, 2.05) is 42.2 Å². The van der Waals surface area contributed by atoms with Gasteiger partial charge in [0.25, 0.3) is 17.2 Å². The molecule has 1 aliphatic rings. The molecular weight excluding hydrogens is 566 g/mol. The van der Waals surface area contributed by atoms with Crippen LogP contribution < -0.4 is 14.5 Å². The molecule has 5 rings (SSSR count). The fraction of sp³-hybridized carbons (Fsp3) is 0.312. The number of hydrogen-bond acceptors (Lipinski definition) is 7. The molecule has 1 saturated heterocycles. The van der Waals surface area contributed by atoms with Gasteiger partial charge in [-0.3, -0.25) is 33.6 Å². The van der Waals surface area contributed by atoms with Crippen LogP contribution in [0.3, 0.4) is 0 Å². The lowest BCUT2D eigenvalue weighted by Gasteiger charge is -2.39. The summed E-state index contributed by atoms with van der Waals surface area (Å²) in [5, 5.41) is 10.5. The van der Waals surface area contributed by atoms with Crippen molar-refractivity contribution in [3.63, 3.8) is 0 Å². The van der Waals surface area contributed by atoms with Crippen LogP contribution in [0, 0.1) is 13.8 Å². The molecule has 226 valence electrons. The third-order valence-corrected chi connectivity index (χ3v) is 8.50. The van der Waals surface area contributed by atoms with Crippen LogP contribution in [-0.4, -0.2) is 73.4 Å². The summed E-state index contributed by atoms with van der Waals surface area (Å²) in [5.41, 5.74) is 7.47. The summed E-state index contributed by atoms with van der Waals surface area (Å²) in [5.74, 6) is -0.0254. The third-order valence-electron chi connectivity index (χ3n) is 7.76. The van der Waals surface area contributed by atoms with E-state index in [9.17, 15) is 18.8 Å². The molecule has 1 unspecified atom stereocenters. The summed E-state index contributed by atoms with van der Waals surface area (Å²) < 4.78 is 29.9. The first-order valence-corrected chi connectivity index (χ1v) is 15.3. The third kappa shape index (κ3) is 7.75. The van der Waals surface area contributed by atoms with E-state index in [2.05, 4.69) is 41.1 Å². The van der Waals surface area contributed by atoms with Gasteiger partial charge >= 0.3 is 0 Å². The monoisotopic (exact) mass is 603 g/mol. The number of piperazine rings is 1. The van der Waals surface area contributed by atoms with Crippen molar-refractivity contribution in [1.82, 2.24) is 20.3 Å². The molecule has 0 aliphatic carbocycles. The van der Waals surface area contributed by atoms with Crippen LogP contribution >= 0.6 is 0 Å². The predicted octanol–water partition coefficient (Wildman–Crippen LogP) is 4.07. The fourth-order valence-corrected chi connectivity index (χ4v) is 5.99. The molecule has 1 amide bonds. The van der Waals surface area contributed by atoms with E-state index in [-0.39, 0.29) is 6.54 Å². The van der Waals surface area contributed by atoms with Gasteiger partial charge < -0.3 is 4.74 Å². The van der Waals surface area contributed by atoms with Crippen molar-refractivity contribution in [2.24, 2.45) is 0 Å². The minimum Gasteiger partial charge on any atom is -0.489 e. The van der Waals surface area contributed by atoms with Crippen molar-refractivity contribution < 1.29 is 23.5 Å². The average molecular weight is 604 g/mol. The number of rotatable bonds is 11. The first-order valence-electron chi connectivity index (χ1n) is 14.2. The molecule has 1 aromatic heterocycles. The van der Waals surface area contributed by atoms with Gasteiger partial charge in [0.05, 0.1) is 17.7 Å². The van der Waals surface area contributed by atoms with E-state index in [1.54, 1.807) is 29.7 Å². The second kappa shape index (κ2) is 14.1. The first-order chi connectivity index (χ1) is 20.8. The zero-order chi connectivity index (χ0) is 30.3. The lowest BCUT2D eigenvalue weighted by atomic mass is 10.1. The van der Waals surface area contributed by atoms with E-state index >= 15 is 0 Å². The molecule has 4 aromatic rings. The molecule has 3 N–H and O–H groups in total. The standard InChI is InChI=1S/C32H37N5O5S/c1-23-7-9-25(10-8-23)20-35-15-17-36(18-16-35)31(32(38)34-39)21-37(43(40)41)27-11-13-28(14-12-27)42-22-26-19-24(2)33-30-6-4-3-5-29(26)30/h3-14,19,31,39H,15-18,20-22H2,1-2H3,(H,34,38)(H,40,41)/t31-/m0/s1. The normalized spacial score (nSPS) is 15.6. The Balaban J connectivity index is 1.23. The van der Waals surface area contributed by atoms with Crippen molar-refractivity contribution >= 4 is 33.8 Å². The molecule has 0 spiro atoms. The number of aryl methyl sites for hydroxylation is 2. The number of hydrogen-bond donors (Lipinski definition) is 3. The number of pyridine rings is 1. The van der Waals surface area contributed by atoms with Gasteiger partial charge in [-0.2, -0.15) is 0 Å². The number of hydroxylamine groups is 1. The van der Waals surface area contributed by atoms with E-state index in [0.29, 0.717) is 31.1 Å². The van der Waals surface area contributed by atoms with Crippen LogP contribution in [0.15, 0.2) is 78.9 Å². The van der Waals surface area contributed by atoms with Gasteiger partial charge in [-0.25, -0.2) is 9.69 Å². The number of benzene rings is 3. The lowest BCUT2D eigenvalue weighted by molar-refractivity contribution is -0.135. The summed E-state index contributed by atoms with van der Waals surface area (Å²) in [6, 6.07) is 24.4. The summed E-state index contributed by atoms with van der Waals surface area (Å²) in [4.78, 5) is 21.6. The Morgan fingerprint density at radius 1 is 1.02 bits per heavy atom. The number of fused-ring (bicyclic) bond motifs is 1. The van der Waals surface area contributed by atoms with Crippen molar-refractivity contribution in [2.75, 3.05) is 37.0 Å². The minimum absolute atomic E-state index is 0.0873. The molecule has 1 fully saturated rings. The molecule has 2 atom stereocenters. The van der Waals surface area contributed by atoms with Crippen LogP contribution in [0.1, 0.15) is 22.4 Å². The van der Waals surface area contributed by atoms with Gasteiger partial charge in [-0.1, -0.05) is 48.0 Å². The van der Waals surface area contributed by atoms with Crippen LogP contribution in [0.2, 0.25) is 0 Å². The lowest BCUT2D eigenvalue weighted by Crippen LogP contribution is -2.58. The molecule has 43 heavy (non-hydrogen) atoms. The Kier molecular flexibility index (Phi) is 10.0. The molecule has 0 saturated carbocycles. The number of nitrogens with zero attached hydrogens (tertiary/aromatic N) is 4. The van der Waals surface area contributed by atoms with E-state index < -0.39 is 23.2 Å². The number of carbonyl (C=O) groups excluding carboxylic acids is 1. The minimum atomic E-state index is -2.40. The second-order valence-electron chi connectivity index (χ2n) is 10.8. The molecule has 0 radical (unpaired) electrons. The van der Waals surface area contributed by atoms with Crippen LogP contribution in [-0.2, 0) is 29.2 Å². The second-order valence-corrected chi connectivity index (χ2v) is 11.7. The van der Waals surface area contributed by atoms with Crippen LogP contribution in [0.5, 0.6) is 5.75 Å². The maximum Gasteiger partial charge on any atom is 0.262 e. The Morgan fingerprint density at radius 2 is 1.72 bits per heavy atom. The van der Waals surface area contributed by atoms with Crippen LogP contribution in [0.25, 0.3) is 10.9 Å². The smallest absolute Gasteiger partial charge is 0.262 e. The van der Waals surface area contributed by atoms with Gasteiger partial charge in [0, 0.05) is 49.4 Å². The Labute approximate surface area is 254 Å². The Morgan fingerprint density at radius 3 is 2.40 bits per heavy atom. The number of amides is 1. The number of para-hydroxylation sites is 1. The van der Waals surface area contributed by atoms with E-state index in [4.69, 9.17) is 4.74 Å². The zero-order valence-electron chi connectivity index (χ0n) is 24.3. The SMILES string of the molecule is Cc1ccc(CN2CCN([C@@H](CN(c3ccc(OCc4cc(C)nc5ccccc45)cc3)S(=O)O)C(=O)NO)CC2)cc1. The van der Waals surface area contributed by atoms with E-state index in [1.165, 1.54) is 15.4 Å². The highest BCUT2D eigenvalue weighted by Gasteiger charge is 2.32. The Bertz CT molecular complexity index is 1560. The van der Waals surface area contributed by atoms with Crippen molar-refractivity contribution in [1.29, 1.82) is 0 Å². The molecule has 3 aromatic carbocycles. The first kappa shape index (κ1) is 30.6. The quantitative estimate of drug-likeness (QED) is 0.133. The summed E-state index contributed by atoms with van der Waals surface area (Å²) in [6.07, 6.45) is 0. The summed E-state index contributed by atoms with van der Waals surface area (Å²) in [7, 11) is 0. The van der Waals surface area contributed by atoms with Crippen molar-refractivity contribution in [3.05, 3.63) is 101 Å². The summed E-state index contributed by atoms with van der Waals surface area (Å²) >= 11 is -2.40. The van der Waals surface area contributed by atoms with E-state index in [0.717, 1.165) is 41.8 Å². The molecule has 10 nitrogen and oxygen atoms in total. The Hall–Kier alpha value is -3.87. The fourth-order valence-electron chi connectivity index (χ4n) is 5.42.